The number of nitrogens with zero attached hydrogens (tertiary/aromatic N) is 3. The minimum absolute atomic E-state index is 0.237. The molecule has 31 heavy (non-hydrogen) atoms. The van der Waals surface area contributed by atoms with Gasteiger partial charge in [0.2, 0.25) is 0 Å². The number of benzene rings is 2. The van der Waals surface area contributed by atoms with Gasteiger partial charge in [-0.25, -0.2) is 13.8 Å². The van der Waals surface area contributed by atoms with Gasteiger partial charge in [-0.1, -0.05) is 18.2 Å². The van der Waals surface area contributed by atoms with Crippen LogP contribution in [0, 0.1) is 11.6 Å². The van der Waals surface area contributed by atoms with E-state index in [4.69, 9.17) is 0 Å². The highest BCUT2D eigenvalue weighted by Gasteiger charge is 2.30. The van der Waals surface area contributed by atoms with Crippen LogP contribution >= 0.6 is 11.5 Å². The Balaban J connectivity index is 1.31. The maximum Gasteiger partial charge on any atom is 0.416 e. The molecule has 0 atom stereocenters. The first-order valence-electron chi connectivity index (χ1n) is 9.97. The fourth-order valence-corrected chi connectivity index (χ4v) is 4.59. The van der Waals surface area contributed by atoms with E-state index in [1.807, 2.05) is 0 Å². The number of hydrogen-bond acceptors (Lipinski definition) is 4. The summed E-state index contributed by atoms with van der Waals surface area (Å²) in [6.45, 7) is 2.34. The molecule has 2 heterocycles. The molecule has 4 rings (SSSR count). The molecule has 1 fully saturated rings. The highest BCUT2D eigenvalue weighted by molar-refractivity contribution is 7.05. The van der Waals surface area contributed by atoms with E-state index >= 15 is 0 Å². The molecule has 164 valence electrons. The van der Waals surface area contributed by atoms with Crippen molar-refractivity contribution >= 4 is 11.5 Å². The lowest BCUT2D eigenvalue weighted by Crippen LogP contribution is -2.34. The van der Waals surface area contributed by atoms with E-state index in [1.54, 1.807) is 6.07 Å². The number of likely N-dealkylation sites (tertiary alicyclic amines) is 1. The first kappa shape index (κ1) is 21.8. The Morgan fingerprint density at radius 1 is 1.00 bits per heavy atom. The molecule has 0 saturated carbocycles. The summed E-state index contributed by atoms with van der Waals surface area (Å²) in [7, 11) is 0. The maximum absolute atomic E-state index is 13.5. The van der Waals surface area contributed by atoms with Gasteiger partial charge in [-0.2, -0.15) is 17.5 Å². The summed E-state index contributed by atoms with van der Waals surface area (Å²) in [4.78, 5) is 6.76. The van der Waals surface area contributed by atoms with E-state index in [2.05, 4.69) is 14.3 Å². The predicted octanol–water partition coefficient (Wildman–Crippen LogP) is 5.92. The monoisotopic (exact) mass is 453 g/mol. The minimum Gasteiger partial charge on any atom is -0.303 e. The van der Waals surface area contributed by atoms with E-state index < -0.39 is 23.4 Å². The molecular weight excluding hydrogens is 433 g/mol. The van der Waals surface area contributed by atoms with Crippen molar-refractivity contribution in [3.63, 3.8) is 0 Å². The fraction of sp³-hybridized carbons (Fsp3) is 0.364. The van der Waals surface area contributed by atoms with Gasteiger partial charge in [-0.3, -0.25) is 0 Å². The van der Waals surface area contributed by atoms with Crippen LogP contribution in [0.15, 0.2) is 42.5 Å². The zero-order valence-electron chi connectivity index (χ0n) is 16.5. The molecular formula is C22H20F5N3S. The van der Waals surface area contributed by atoms with Crippen LogP contribution in [0.5, 0.6) is 0 Å². The molecule has 1 saturated heterocycles. The average molecular weight is 453 g/mol. The second-order valence-electron chi connectivity index (χ2n) is 7.65. The van der Waals surface area contributed by atoms with E-state index in [9.17, 15) is 22.0 Å². The first-order valence-corrected chi connectivity index (χ1v) is 10.7. The number of halogens is 5. The highest BCUT2D eigenvalue weighted by atomic mass is 32.1. The molecule has 1 aliphatic rings. The summed E-state index contributed by atoms with van der Waals surface area (Å²) in [5.74, 6) is -1.20. The molecule has 0 radical (unpaired) electrons. The standard InChI is InChI=1S/C22H20F5N3S/c23-18-5-4-16(13-19(18)24)20-28-21(31-29-20)15-7-10-30(11-8-15)9-6-14-2-1-3-17(12-14)22(25,26)27/h1-5,12-13,15H,6-11H2. The smallest absolute Gasteiger partial charge is 0.303 e. The molecule has 1 aliphatic heterocycles. The van der Waals surface area contributed by atoms with Crippen molar-refractivity contribution < 1.29 is 22.0 Å². The van der Waals surface area contributed by atoms with Crippen LogP contribution in [-0.2, 0) is 12.6 Å². The molecule has 2 aromatic carbocycles. The normalized spacial score (nSPS) is 16.0. The molecule has 0 bridgehead atoms. The minimum atomic E-state index is -4.32. The summed E-state index contributed by atoms with van der Waals surface area (Å²) >= 11 is 1.27. The number of alkyl halides is 3. The Labute approximate surface area is 180 Å². The lowest BCUT2D eigenvalue weighted by atomic mass is 9.97. The maximum atomic E-state index is 13.5. The Kier molecular flexibility index (Phi) is 6.34. The average Bonchev–Trinajstić information content (AvgIpc) is 3.24. The van der Waals surface area contributed by atoms with Crippen molar-refractivity contribution in [2.45, 2.75) is 31.4 Å². The molecule has 9 heteroatoms. The number of rotatable bonds is 5. The topological polar surface area (TPSA) is 29.0 Å². The summed E-state index contributed by atoms with van der Waals surface area (Å²) in [5, 5.41) is 0.872. The van der Waals surface area contributed by atoms with Gasteiger partial charge in [0.05, 0.1) is 5.56 Å². The molecule has 3 aromatic rings. The van der Waals surface area contributed by atoms with E-state index in [-0.39, 0.29) is 5.92 Å². The van der Waals surface area contributed by atoms with E-state index in [1.165, 1.54) is 29.7 Å². The van der Waals surface area contributed by atoms with Crippen molar-refractivity contribution in [2.75, 3.05) is 19.6 Å². The Bertz CT molecular complexity index is 1040. The Morgan fingerprint density at radius 3 is 2.48 bits per heavy atom. The van der Waals surface area contributed by atoms with Gasteiger partial charge in [-0.05, 0) is 73.7 Å². The second kappa shape index (κ2) is 9.00. The van der Waals surface area contributed by atoms with Crippen molar-refractivity contribution in [2.24, 2.45) is 0 Å². The van der Waals surface area contributed by atoms with Crippen LogP contribution in [0.25, 0.3) is 11.4 Å². The van der Waals surface area contributed by atoms with E-state index in [0.29, 0.717) is 29.9 Å². The SMILES string of the molecule is Fc1ccc(-c2nsc(C3CCN(CCc4cccc(C(F)(F)F)c4)CC3)n2)cc1F. The van der Waals surface area contributed by atoms with Crippen LogP contribution in [0.2, 0.25) is 0 Å². The fourth-order valence-electron chi connectivity index (χ4n) is 3.75. The van der Waals surface area contributed by atoms with Crippen LogP contribution in [0.4, 0.5) is 22.0 Å². The van der Waals surface area contributed by atoms with Gasteiger partial charge in [0.15, 0.2) is 17.5 Å². The number of hydrogen-bond donors (Lipinski definition) is 0. The Hall–Kier alpha value is -2.39. The first-order chi connectivity index (χ1) is 14.8. The third-order valence-electron chi connectivity index (χ3n) is 5.53. The zero-order chi connectivity index (χ0) is 22.0. The van der Waals surface area contributed by atoms with Crippen LogP contribution in [-0.4, -0.2) is 33.9 Å². The van der Waals surface area contributed by atoms with Crippen molar-refractivity contribution in [3.8, 4) is 11.4 Å². The van der Waals surface area contributed by atoms with E-state index in [0.717, 1.165) is 49.1 Å². The molecule has 3 nitrogen and oxygen atoms in total. The molecule has 1 aromatic heterocycles. The van der Waals surface area contributed by atoms with Crippen LogP contribution in [0.1, 0.15) is 34.9 Å². The lowest BCUT2D eigenvalue weighted by Gasteiger charge is -2.30. The summed E-state index contributed by atoms with van der Waals surface area (Å²) in [6, 6.07) is 9.10. The summed E-state index contributed by atoms with van der Waals surface area (Å²) in [5.41, 5.74) is 0.508. The molecule has 0 aliphatic carbocycles. The zero-order valence-corrected chi connectivity index (χ0v) is 17.3. The highest BCUT2D eigenvalue weighted by Crippen LogP contribution is 2.32. The lowest BCUT2D eigenvalue weighted by molar-refractivity contribution is -0.137. The third-order valence-corrected chi connectivity index (χ3v) is 6.40. The van der Waals surface area contributed by atoms with Crippen LogP contribution < -0.4 is 0 Å². The number of piperidine rings is 1. The van der Waals surface area contributed by atoms with Gasteiger partial charge < -0.3 is 4.90 Å². The quantitative estimate of drug-likeness (QED) is 0.449. The van der Waals surface area contributed by atoms with Gasteiger partial charge >= 0.3 is 6.18 Å². The van der Waals surface area contributed by atoms with Gasteiger partial charge in [-0.15, -0.1) is 0 Å². The number of aromatic nitrogens is 2. The van der Waals surface area contributed by atoms with Crippen molar-refractivity contribution in [1.29, 1.82) is 0 Å². The third kappa shape index (κ3) is 5.27. The molecule has 0 unspecified atom stereocenters. The van der Waals surface area contributed by atoms with Gasteiger partial charge in [0.1, 0.15) is 5.01 Å². The summed E-state index contributed by atoms with van der Waals surface area (Å²) in [6.07, 6.45) is -2.02. The van der Waals surface area contributed by atoms with Gasteiger partial charge in [0.25, 0.3) is 0 Å². The van der Waals surface area contributed by atoms with Crippen molar-refractivity contribution in [3.05, 3.63) is 70.2 Å². The second-order valence-corrected chi connectivity index (χ2v) is 8.43. The molecule has 0 spiro atoms. The van der Waals surface area contributed by atoms with Crippen LogP contribution in [0.3, 0.4) is 0 Å². The molecule has 0 amide bonds. The largest absolute Gasteiger partial charge is 0.416 e. The van der Waals surface area contributed by atoms with Crippen molar-refractivity contribution in [1.82, 2.24) is 14.3 Å². The predicted molar refractivity (Wildman–Crippen MR) is 109 cm³/mol. The summed E-state index contributed by atoms with van der Waals surface area (Å²) < 4.78 is 69.4. The Morgan fingerprint density at radius 2 is 1.77 bits per heavy atom. The molecule has 0 N–H and O–H groups in total. The van der Waals surface area contributed by atoms with Gasteiger partial charge in [0, 0.05) is 18.0 Å².